The lowest BCUT2D eigenvalue weighted by Crippen LogP contribution is -2.61. The third kappa shape index (κ3) is 3.50. The van der Waals surface area contributed by atoms with Crippen molar-refractivity contribution in [3.05, 3.63) is 18.5 Å². The van der Waals surface area contributed by atoms with Crippen molar-refractivity contribution in [2.45, 2.75) is 25.0 Å². The summed E-state index contributed by atoms with van der Waals surface area (Å²) in [4.78, 5) is 10.6. The van der Waals surface area contributed by atoms with Crippen LogP contribution < -0.4 is 9.62 Å². The molecule has 0 spiro atoms. The minimum atomic E-state index is -3.28. The molecule has 0 radical (unpaired) electrons. The number of rotatable bonds is 3. The third-order valence-corrected chi connectivity index (χ3v) is 4.69. The van der Waals surface area contributed by atoms with Crippen LogP contribution in [0.3, 0.4) is 0 Å². The standard InChI is InChI=1S/C13H20N4O3S/c1-21(18,19)16-11-9-17(13-14-5-3-6-15-13)8-10-4-2-7-20-12(10)11/h3,5-6,10-12,16H,2,4,7-9H2,1H3/t10-,11+,12-/m0/s1. The number of piperidine rings is 1. The van der Waals surface area contributed by atoms with Crippen molar-refractivity contribution in [2.75, 3.05) is 30.9 Å². The van der Waals surface area contributed by atoms with Crippen LogP contribution in [0.2, 0.25) is 0 Å². The molecule has 7 nitrogen and oxygen atoms in total. The summed E-state index contributed by atoms with van der Waals surface area (Å²) >= 11 is 0. The molecule has 3 atom stereocenters. The van der Waals surface area contributed by atoms with Gasteiger partial charge in [-0.1, -0.05) is 0 Å². The SMILES string of the molecule is CS(=O)(=O)N[C@@H]1CN(c2ncccn2)C[C@@H]2CCCO[C@@H]21. The maximum Gasteiger partial charge on any atom is 0.225 e. The molecule has 116 valence electrons. The first-order chi connectivity index (χ1) is 10.0. The van der Waals surface area contributed by atoms with Gasteiger partial charge in [0.15, 0.2) is 0 Å². The average molecular weight is 312 g/mol. The fourth-order valence-electron chi connectivity index (χ4n) is 3.20. The molecule has 2 fully saturated rings. The van der Waals surface area contributed by atoms with E-state index in [1.165, 1.54) is 6.26 Å². The van der Waals surface area contributed by atoms with Crippen LogP contribution in [0.25, 0.3) is 0 Å². The number of nitrogens with zero attached hydrogens (tertiary/aromatic N) is 3. The number of aromatic nitrogens is 2. The van der Waals surface area contributed by atoms with Gasteiger partial charge >= 0.3 is 0 Å². The van der Waals surface area contributed by atoms with Gasteiger partial charge in [0.2, 0.25) is 16.0 Å². The molecule has 0 amide bonds. The fourth-order valence-corrected chi connectivity index (χ4v) is 3.96. The Morgan fingerprint density at radius 2 is 2.10 bits per heavy atom. The Morgan fingerprint density at radius 3 is 2.81 bits per heavy atom. The summed E-state index contributed by atoms with van der Waals surface area (Å²) < 4.78 is 31.7. The number of anilines is 1. The molecule has 1 N–H and O–H groups in total. The maximum atomic E-state index is 11.6. The van der Waals surface area contributed by atoms with E-state index < -0.39 is 10.0 Å². The molecule has 0 aromatic carbocycles. The number of hydrogen-bond donors (Lipinski definition) is 1. The summed E-state index contributed by atoms with van der Waals surface area (Å²) in [6.45, 7) is 2.03. The van der Waals surface area contributed by atoms with Gasteiger partial charge in [0, 0.05) is 38.0 Å². The number of hydrogen-bond acceptors (Lipinski definition) is 6. The van der Waals surface area contributed by atoms with Crippen molar-refractivity contribution in [1.29, 1.82) is 0 Å². The van der Waals surface area contributed by atoms with Crippen molar-refractivity contribution in [3.63, 3.8) is 0 Å². The highest BCUT2D eigenvalue weighted by atomic mass is 32.2. The second-order valence-corrected chi connectivity index (χ2v) is 7.47. The highest BCUT2D eigenvalue weighted by molar-refractivity contribution is 7.88. The topological polar surface area (TPSA) is 84.4 Å². The Kier molecular flexibility index (Phi) is 4.10. The van der Waals surface area contributed by atoms with Gasteiger partial charge in [0.25, 0.3) is 0 Å². The molecular formula is C13H20N4O3S. The quantitative estimate of drug-likeness (QED) is 0.846. The first-order valence-corrected chi connectivity index (χ1v) is 9.03. The van der Waals surface area contributed by atoms with Crippen LogP contribution in [0, 0.1) is 5.92 Å². The molecular weight excluding hydrogens is 292 g/mol. The lowest BCUT2D eigenvalue weighted by atomic mass is 9.86. The first kappa shape index (κ1) is 14.7. The van der Waals surface area contributed by atoms with E-state index in [9.17, 15) is 8.42 Å². The minimum Gasteiger partial charge on any atom is -0.376 e. The van der Waals surface area contributed by atoms with Crippen LogP contribution in [0.1, 0.15) is 12.8 Å². The van der Waals surface area contributed by atoms with E-state index in [0.717, 1.165) is 19.4 Å². The minimum absolute atomic E-state index is 0.0616. The van der Waals surface area contributed by atoms with Crippen LogP contribution in [0.4, 0.5) is 5.95 Å². The Labute approximate surface area is 124 Å². The van der Waals surface area contributed by atoms with Crippen molar-refractivity contribution in [1.82, 2.24) is 14.7 Å². The molecule has 2 aliphatic rings. The molecule has 0 bridgehead atoms. The Morgan fingerprint density at radius 1 is 1.33 bits per heavy atom. The monoisotopic (exact) mass is 312 g/mol. The largest absolute Gasteiger partial charge is 0.376 e. The predicted octanol–water partition coefficient (Wildman–Crippen LogP) is 0.00960. The normalized spacial score (nSPS) is 30.0. The summed E-state index contributed by atoms with van der Waals surface area (Å²) in [5, 5.41) is 0. The van der Waals surface area contributed by atoms with E-state index in [0.29, 0.717) is 25.0 Å². The van der Waals surface area contributed by atoms with Gasteiger partial charge in [-0.05, 0) is 18.9 Å². The lowest BCUT2D eigenvalue weighted by Gasteiger charge is -2.45. The van der Waals surface area contributed by atoms with Gasteiger partial charge in [-0.25, -0.2) is 23.1 Å². The molecule has 0 saturated carbocycles. The van der Waals surface area contributed by atoms with E-state index in [4.69, 9.17) is 4.74 Å². The smallest absolute Gasteiger partial charge is 0.225 e. The number of nitrogens with one attached hydrogen (secondary N) is 1. The number of ether oxygens (including phenoxy) is 1. The zero-order valence-electron chi connectivity index (χ0n) is 12.0. The van der Waals surface area contributed by atoms with Gasteiger partial charge in [0.05, 0.1) is 18.4 Å². The molecule has 2 saturated heterocycles. The zero-order chi connectivity index (χ0) is 14.9. The third-order valence-electron chi connectivity index (χ3n) is 3.96. The van der Waals surface area contributed by atoms with Crippen molar-refractivity contribution in [3.8, 4) is 0 Å². The van der Waals surface area contributed by atoms with Crippen molar-refractivity contribution in [2.24, 2.45) is 5.92 Å². The van der Waals surface area contributed by atoms with Gasteiger partial charge in [-0.3, -0.25) is 0 Å². The lowest BCUT2D eigenvalue weighted by molar-refractivity contribution is -0.0496. The van der Waals surface area contributed by atoms with Crippen LogP contribution in [-0.4, -0.2) is 56.5 Å². The van der Waals surface area contributed by atoms with E-state index in [2.05, 4.69) is 14.7 Å². The van der Waals surface area contributed by atoms with Gasteiger partial charge in [0.1, 0.15) is 0 Å². The molecule has 1 aromatic rings. The zero-order valence-corrected chi connectivity index (χ0v) is 12.8. The van der Waals surface area contributed by atoms with E-state index in [-0.39, 0.29) is 12.1 Å². The van der Waals surface area contributed by atoms with Crippen LogP contribution in [0.5, 0.6) is 0 Å². The Bertz CT molecular complexity index is 580. The van der Waals surface area contributed by atoms with E-state index in [1.54, 1.807) is 18.5 Å². The maximum absolute atomic E-state index is 11.6. The molecule has 2 aliphatic heterocycles. The highest BCUT2D eigenvalue weighted by Gasteiger charge is 2.41. The molecule has 8 heteroatoms. The fraction of sp³-hybridized carbons (Fsp3) is 0.692. The first-order valence-electron chi connectivity index (χ1n) is 7.14. The summed E-state index contributed by atoms with van der Waals surface area (Å²) in [6, 6.07) is 1.51. The Hall–Kier alpha value is -1.25. The summed E-state index contributed by atoms with van der Waals surface area (Å²) in [5.74, 6) is 0.942. The van der Waals surface area contributed by atoms with Crippen LogP contribution in [-0.2, 0) is 14.8 Å². The molecule has 3 heterocycles. The van der Waals surface area contributed by atoms with Crippen molar-refractivity contribution < 1.29 is 13.2 Å². The van der Waals surface area contributed by atoms with Crippen LogP contribution >= 0.6 is 0 Å². The van der Waals surface area contributed by atoms with Gasteiger partial charge in [-0.15, -0.1) is 0 Å². The molecule has 0 unspecified atom stereocenters. The molecule has 1 aromatic heterocycles. The van der Waals surface area contributed by atoms with Gasteiger partial charge in [-0.2, -0.15) is 0 Å². The summed E-state index contributed by atoms with van der Waals surface area (Å²) in [6.07, 6.45) is 6.57. The van der Waals surface area contributed by atoms with Crippen molar-refractivity contribution >= 4 is 16.0 Å². The second-order valence-electron chi connectivity index (χ2n) is 5.69. The summed E-state index contributed by atoms with van der Waals surface area (Å²) in [5.41, 5.74) is 0. The molecule has 21 heavy (non-hydrogen) atoms. The van der Waals surface area contributed by atoms with E-state index >= 15 is 0 Å². The Balaban J connectivity index is 1.83. The molecule has 3 rings (SSSR count). The van der Waals surface area contributed by atoms with Gasteiger partial charge < -0.3 is 9.64 Å². The van der Waals surface area contributed by atoms with Crippen LogP contribution in [0.15, 0.2) is 18.5 Å². The van der Waals surface area contributed by atoms with E-state index in [1.807, 2.05) is 4.90 Å². The summed E-state index contributed by atoms with van der Waals surface area (Å²) in [7, 11) is -3.28. The average Bonchev–Trinajstić information content (AvgIpc) is 2.46. The predicted molar refractivity (Wildman–Crippen MR) is 78.5 cm³/mol. The molecule has 0 aliphatic carbocycles. The number of fused-ring (bicyclic) bond motifs is 1. The number of sulfonamides is 1. The second kappa shape index (κ2) is 5.86. The highest BCUT2D eigenvalue weighted by Crippen LogP contribution is 2.30.